The van der Waals surface area contributed by atoms with Crippen molar-refractivity contribution in [3.8, 4) is 10.6 Å². The van der Waals surface area contributed by atoms with Crippen LogP contribution in [-0.4, -0.2) is 31.2 Å². The fourth-order valence-corrected chi connectivity index (χ4v) is 4.29. The Hall–Kier alpha value is -1.92. The fourth-order valence-electron chi connectivity index (χ4n) is 3.54. The first-order valence-corrected chi connectivity index (χ1v) is 8.90. The molecule has 3 aromatic rings. The summed E-state index contributed by atoms with van der Waals surface area (Å²) < 4.78 is 2.17. The molecule has 1 aliphatic rings. The summed E-state index contributed by atoms with van der Waals surface area (Å²) in [5.74, 6) is 1.18. The van der Waals surface area contributed by atoms with Crippen molar-refractivity contribution in [3.63, 3.8) is 0 Å². The van der Waals surface area contributed by atoms with E-state index in [9.17, 15) is 0 Å². The van der Waals surface area contributed by atoms with Crippen molar-refractivity contribution in [1.29, 1.82) is 0 Å². The van der Waals surface area contributed by atoms with Crippen molar-refractivity contribution < 1.29 is 0 Å². The molecular formula is C17H21N5S. The predicted octanol–water partition coefficient (Wildman–Crippen LogP) is 3.52. The quantitative estimate of drug-likeness (QED) is 0.797. The number of aromatic amines is 1. The Kier molecular flexibility index (Phi) is 3.79. The molecule has 0 aliphatic carbocycles. The van der Waals surface area contributed by atoms with Gasteiger partial charge in [-0.2, -0.15) is 5.10 Å². The van der Waals surface area contributed by atoms with Gasteiger partial charge in [0.15, 0.2) is 0 Å². The van der Waals surface area contributed by atoms with Gasteiger partial charge in [-0.1, -0.05) is 6.07 Å². The third-order valence-corrected chi connectivity index (χ3v) is 5.44. The van der Waals surface area contributed by atoms with Gasteiger partial charge in [-0.05, 0) is 37.8 Å². The lowest BCUT2D eigenvalue weighted by molar-refractivity contribution is 0.237. The standard InChI is InChI=1S/C17H21N5S/c1-12-10-21(2)17(19-12)14-5-3-7-22(14)11-13-9-18-20-16(13)15-6-4-8-23-15/h4,6,8-10,14H,3,5,7,11H2,1-2H3,(H,18,20)/t14-/m0/s1. The van der Waals surface area contributed by atoms with Crippen molar-refractivity contribution in [2.75, 3.05) is 6.54 Å². The van der Waals surface area contributed by atoms with E-state index in [4.69, 9.17) is 4.98 Å². The zero-order chi connectivity index (χ0) is 15.8. The van der Waals surface area contributed by atoms with E-state index >= 15 is 0 Å². The number of thiophene rings is 1. The summed E-state index contributed by atoms with van der Waals surface area (Å²) in [5, 5.41) is 9.55. The molecule has 1 atom stereocenters. The van der Waals surface area contributed by atoms with Gasteiger partial charge in [0.1, 0.15) is 5.82 Å². The molecule has 4 rings (SSSR count). The molecule has 1 saturated heterocycles. The smallest absolute Gasteiger partial charge is 0.126 e. The highest BCUT2D eigenvalue weighted by molar-refractivity contribution is 7.13. The van der Waals surface area contributed by atoms with E-state index in [-0.39, 0.29) is 0 Å². The topological polar surface area (TPSA) is 49.7 Å². The van der Waals surface area contributed by atoms with Gasteiger partial charge < -0.3 is 4.57 Å². The number of rotatable bonds is 4. The second kappa shape index (κ2) is 5.94. The molecular weight excluding hydrogens is 306 g/mol. The number of imidazole rings is 1. The average Bonchev–Trinajstić information content (AvgIpc) is 3.27. The molecule has 5 nitrogen and oxygen atoms in total. The molecule has 3 aromatic heterocycles. The summed E-state index contributed by atoms with van der Waals surface area (Å²) in [6.07, 6.45) is 6.48. The Bertz CT molecular complexity index is 786. The molecule has 120 valence electrons. The minimum absolute atomic E-state index is 0.403. The first-order valence-electron chi connectivity index (χ1n) is 8.02. The van der Waals surface area contributed by atoms with Crippen molar-refractivity contribution in [2.24, 2.45) is 7.05 Å². The molecule has 0 bridgehead atoms. The Morgan fingerprint density at radius 2 is 2.35 bits per heavy atom. The Labute approximate surface area is 140 Å². The number of aryl methyl sites for hydroxylation is 2. The van der Waals surface area contributed by atoms with Gasteiger partial charge in [-0.3, -0.25) is 10.00 Å². The molecule has 1 aliphatic heterocycles. The van der Waals surface area contributed by atoms with Crippen molar-refractivity contribution in [1.82, 2.24) is 24.6 Å². The number of hydrogen-bond acceptors (Lipinski definition) is 4. The Morgan fingerprint density at radius 3 is 3.09 bits per heavy atom. The summed E-state index contributed by atoms with van der Waals surface area (Å²) in [5.41, 5.74) is 3.52. The van der Waals surface area contributed by atoms with Gasteiger partial charge in [-0.25, -0.2) is 4.98 Å². The third kappa shape index (κ3) is 2.72. The van der Waals surface area contributed by atoms with E-state index in [1.807, 2.05) is 6.20 Å². The van der Waals surface area contributed by atoms with Gasteiger partial charge in [0.2, 0.25) is 0 Å². The molecule has 0 radical (unpaired) electrons. The van der Waals surface area contributed by atoms with E-state index in [1.54, 1.807) is 11.3 Å². The van der Waals surface area contributed by atoms with Crippen molar-refractivity contribution >= 4 is 11.3 Å². The van der Waals surface area contributed by atoms with Crippen LogP contribution in [0.4, 0.5) is 0 Å². The molecule has 0 amide bonds. The van der Waals surface area contributed by atoms with Gasteiger partial charge in [0, 0.05) is 25.4 Å². The molecule has 4 heterocycles. The van der Waals surface area contributed by atoms with Crippen LogP contribution in [0.3, 0.4) is 0 Å². The predicted molar refractivity (Wildman–Crippen MR) is 92.2 cm³/mol. The van der Waals surface area contributed by atoms with Crippen LogP contribution < -0.4 is 0 Å². The highest BCUT2D eigenvalue weighted by Crippen LogP contribution is 2.34. The summed E-state index contributed by atoms with van der Waals surface area (Å²) in [6, 6.07) is 4.63. The molecule has 23 heavy (non-hydrogen) atoms. The minimum atomic E-state index is 0.403. The molecule has 6 heteroatoms. The Morgan fingerprint density at radius 1 is 1.43 bits per heavy atom. The maximum atomic E-state index is 4.74. The van der Waals surface area contributed by atoms with Crippen LogP contribution in [0.5, 0.6) is 0 Å². The summed E-state index contributed by atoms with van der Waals surface area (Å²) in [4.78, 5) is 8.53. The van der Waals surface area contributed by atoms with E-state index < -0.39 is 0 Å². The van der Waals surface area contributed by atoms with Crippen LogP contribution in [0.25, 0.3) is 10.6 Å². The first-order chi connectivity index (χ1) is 11.2. The van der Waals surface area contributed by atoms with E-state index in [2.05, 4.69) is 57.3 Å². The number of hydrogen-bond donors (Lipinski definition) is 1. The highest BCUT2D eigenvalue weighted by Gasteiger charge is 2.30. The lowest BCUT2D eigenvalue weighted by Gasteiger charge is -2.24. The minimum Gasteiger partial charge on any atom is -0.336 e. The van der Waals surface area contributed by atoms with Crippen LogP contribution in [0.2, 0.25) is 0 Å². The van der Waals surface area contributed by atoms with Crippen molar-refractivity contribution in [2.45, 2.75) is 32.4 Å². The van der Waals surface area contributed by atoms with Crippen LogP contribution in [0.15, 0.2) is 29.9 Å². The second-order valence-corrected chi connectivity index (χ2v) is 7.18. The summed E-state index contributed by atoms with van der Waals surface area (Å²) >= 11 is 1.75. The van der Waals surface area contributed by atoms with Gasteiger partial charge in [0.05, 0.1) is 28.5 Å². The van der Waals surface area contributed by atoms with Gasteiger partial charge >= 0.3 is 0 Å². The molecule has 0 unspecified atom stereocenters. The highest BCUT2D eigenvalue weighted by atomic mass is 32.1. The Balaban J connectivity index is 1.59. The summed E-state index contributed by atoms with van der Waals surface area (Å²) in [7, 11) is 2.10. The zero-order valence-corrected chi connectivity index (χ0v) is 14.3. The monoisotopic (exact) mass is 327 g/mol. The zero-order valence-electron chi connectivity index (χ0n) is 13.5. The number of likely N-dealkylation sites (tertiary alicyclic amines) is 1. The van der Waals surface area contributed by atoms with Crippen LogP contribution in [0.1, 0.15) is 36.0 Å². The maximum absolute atomic E-state index is 4.74. The van der Waals surface area contributed by atoms with Crippen LogP contribution in [0, 0.1) is 6.92 Å². The lowest BCUT2D eigenvalue weighted by atomic mass is 10.1. The van der Waals surface area contributed by atoms with E-state index in [1.165, 1.54) is 29.1 Å². The fraction of sp³-hybridized carbons (Fsp3) is 0.412. The lowest BCUT2D eigenvalue weighted by Crippen LogP contribution is -2.24. The van der Waals surface area contributed by atoms with E-state index in [0.29, 0.717) is 6.04 Å². The molecule has 0 spiro atoms. The normalized spacial score (nSPS) is 18.8. The first kappa shape index (κ1) is 14.7. The number of aromatic nitrogens is 4. The second-order valence-electron chi connectivity index (χ2n) is 6.23. The molecule has 0 saturated carbocycles. The third-order valence-electron chi connectivity index (χ3n) is 4.55. The van der Waals surface area contributed by atoms with Gasteiger partial charge in [-0.15, -0.1) is 11.3 Å². The molecule has 1 fully saturated rings. The SMILES string of the molecule is Cc1cn(C)c([C@@H]2CCCN2Cc2cn[nH]c2-c2cccs2)n1. The number of nitrogens with one attached hydrogen (secondary N) is 1. The largest absolute Gasteiger partial charge is 0.336 e. The van der Waals surface area contributed by atoms with Crippen LogP contribution >= 0.6 is 11.3 Å². The van der Waals surface area contributed by atoms with Crippen molar-refractivity contribution in [3.05, 3.63) is 47.0 Å². The number of nitrogens with zero attached hydrogens (tertiary/aromatic N) is 4. The molecule has 1 N–H and O–H groups in total. The maximum Gasteiger partial charge on any atom is 0.126 e. The molecule has 0 aromatic carbocycles. The van der Waals surface area contributed by atoms with Gasteiger partial charge in [0.25, 0.3) is 0 Å². The number of H-pyrrole nitrogens is 1. The average molecular weight is 327 g/mol. The summed E-state index contributed by atoms with van der Waals surface area (Å²) in [6.45, 7) is 4.10. The van der Waals surface area contributed by atoms with E-state index in [0.717, 1.165) is 24.5 Å². The van der Waals surface area contributed by atoms with Crippen LogP contribution in [-0.2, 0) is 13.6 Å².